The fourth-order valence-electron chi connectivity index (χ4n) is 4.19. The summed E-state index contributed by atoms with van der Waals surface area (Å²) in [4.78, 5) is 0. The molecule has 3 heteroatoms. The molecule has 2 heterocycles. The lowest BCUT2D eigenvalue weighted by Crippen LogP contribution is -1.96. The highest BCUT2D eigenvalue weighted by Gasteiger charge is 2.32. The number of nitrogens with zero attached hydrogens (tertiary/aromatic N) is 1. The van der Waals surface area contributed by atoms with E-state index in [1.165, 1.54) is 22.5 Å². The van der Waals surface area contributed by atoms with Crippen molar-refractivity contribution in [2.45, 2.75) is 12.8 Å². The molecule has 1 aliphatic rings. The van der Waals surface area contributed by atoms with Gasteiger partial charge >= 0.3 is 0 Å². The molecule has 0 saturated heterocycles. The zero-order chi connectivity index (χ0) is 18.5. The maximum absolute atomic E-state index is 6.59. The van der Waals surface area contributed by atoms with E-state index in [9.17, 15) is 0 Å². The average molecular weight is 390 g/mol. The van der Waals surface area contributed by atoms with Crippen molar-refractivity contribution in [3.05, 3.63) is 100 Å². The van der Waals surface area contributed by atoms with Crippen molar-refractivity contribution in [1.82, 2.24) is 4.57 Å². The number of aromatic nitrogens is 1. The minimum Gasteiger partial charge on any atom is -0.312 e. The summed E-state index contributed by atoms with van der Waals surface area (Å²) in [5.74, 6) is 0.265. The number of halogens is 2. The fourth-order valence-corrected chi connectivity index (χ4v) is 4.79. The monoisotopic (exact) mass is 389 g/mol. The second kappa shape index (κ2) is 6.30. The first-order valence-corrected chi connectivity index (χ1v) is 9.77. The highest BCUT2D eigenvalue weighted by atomic mass is 35.5. The standard InChI is InChI=1S/C24H17Cl2N/c1-15-17-10-5-6-13-21(17)27-22(16-8-3-2-4-9-16)14-18(24(15)27)23-19(25)11-7-12-20(23)26/h2-15H,1H3. The molecule has 3 aromatic carbocycles. The Labute approximate surface area is 168 Å². The van der Waals surface area contributed by atoms with E-state index in [2.05, 4.69) is 66.1 Å². The second-order valence-corrected chi connectivity index (χ2v) is 7.72. The van der Waals surface area contributed by atoms with E-state index in [0.29, 0.717) is 10.0 Å². The minimum absolute atomic E-state index is 0.265. The van der Waals surface area contributed by atoms with Gasteiger partial charge in [0.1, 0.15) is 0 Å². The summed E-state index contributed by atoms with van der Waals surface area (Å²) in [5.41, 5.74) is 8.15. The van der Waals surface area contributed by atoms with Crippen LogP contribution in [0.4, 0.5) is 0 Å². The molecule has 5 rings (SSSR count). The first kappa shape index (κ1) is 16.7. The van der Waals surface area contributed by atoms with Gasteiger partial charge in [-0.3, -0.25) is 0 Å². The third kappa shape index (κ3) is 2.46. The van der Waals surface area contributed by atoms with Gasteiger partial charge in [-0.1, -0.05) is 84.7 Å². The van der Waals surface area contributed by atoms with Crippen LogP contribution < -0.4 is 0 Å². The first-order valence-electron chi connectivity index (χ1n) is 9.01. The number of para-hydroxylation sites is 1. The normalized spacial score (nSPS) is 14.9. The van der Waals surface area contributed by atoms with Crippen molar-refractivity contribution < 1.29 is 0 Å². The molecule has 0 N–H and O–H groups in total. The van der Waals surface area contributed by atoms with E-state index < -0.39 is 0 Å². The van der Waals surface area contributed by atoms with Gasteiger partial charge in [-0.2, -0.15) is 0 Å². The van der Waals surface area contributed by atoms with E-state index in [1.54, 1.807) is 0 Å². The average Bonchev–Trinajstić information content (AvgIpc) is 3.20. The number of rotatable bonds is 2. The number of fused-ring (bicyclic) bond motifs is 3. The number of benzene rings is 3. The summed E-state index contributed by atoms with van der Waals surface area (Å²) in [6.45, 7) is 2.25. The Morgan fingerprint density at radius 3 is 2.19 bits per heavy atom. The summed E-state index contributed by atoms with van der Waals surface area (Å²) < 4.78 is 2.37. The van der Waals surface area contributed by atoms with E-state index in [1.807, 2.05) is 24.3 Å². The molecule has 0 amide bonds. The third-order valence-electron chi connectivity index (χ3n) is 5.39. The van der Waals surface area contributed by atoms with Gasteiger partial charge in [0, 0.05) is 38.5 Å². The number of hydrogen-bond donors (Lipinski definition) is 0. The van der Waals surface area contributed by atoms with Crippen molar-refractivity contribution in [2.75, 3.05) is 0 Å². The predicted octanol–water partition coefficient (Wildman–Crippen LogP) is 7.58. The van der Waals surface area contributed by atoms with Gasteiger partial charge in [0.2, 0.25) is 0 Å². The van der Waals surface area contributed by atoms with Crippen LogP contribution in [0.15, 0.2) is 78.9 Å². The maximum atomic E-state index is 6.59. The van der Waals surface area contributed by atoms with Gasteiger partial charge in [0.25, 0.3) is 0 Å². The van der Waals surface area contributed by atoms with Crippen LogP contribution >= 0.6 is 23.2 Å². The molecule has 27 heavy (non-hydrogen) atoms. The lowest BCUT2D eigenvalue weighted by Gasteiger charge is -2.11. The Morgan fingerprint density at radius 1 is 0.778 bits per heavy atom. The van der Waals surface area contributed by atoms with E-state index >= 15 is 0 Å². The minimum atomic E-state index is 0.265. The smallest absolute Gasteiger partial charge is 0.0538 e. The topological polar surface area (TPSA) is 4.93 Å². The van der Waals surface area contributed by atoms with Crippen LogP contribution in [-0.2, 0) is 0 Å². The van der Waals surface area contributed by atoms with E-state index in [0.717, 1.165) is 16.8 Å². The molecule has 1 unspecified atom stereocenters. The van der Waals surface area contributed by atoms with Crippen molar-refractivity contribution >= 4 is 23.2 Å². The molecule has 1 atom stereocenters. The van der Waals surface area contributed by atoms with Crippen molar-refractivity contribution in [3.63, 3.8) is 0 Å². The Balaban J connectivity index is 1.88. The summed E-state index contributed by atoms with van der Waals surface area (Å²) in [6, 6.07) is 27.0. The lowest BCUT2D eigenvalue weighted by atomic mass is 9.94. The van der Waals surface area contributed by atoms with Crippen molar-refractivity contribution in [1.29, 1.82) is 0 Å². The Hall–Kier alpha value is -2.48. The Bertz CT molecular complexity index is 1140. The van der Waals surface area contributed by atoms with Crippen LogP contribution in [0.3, 0.4) is 0 Å². The Kier molecular flexibility index (Phi) is 3.89. The maximum Gasteiger partial charge on any atom is 0.0538 e. The molecule has 0 fully saturated rings. The molecule has 4 aromatic rings. The zero-order valence-corrected chi connectivity index (χ0v) is 16.3. The molecule has 0 spiro atoms. The lowest BCUT2D eigenvalue weighted by molar-refractivity contribution is 0.913. The first-order chi connectivity index (χ1) is 13.2. The van der Waals surface area contributed by atoms with Gasteiger partial charge in [0.05, 0.1) is 5.69 Å². The largest absolute Gasteiger partial charge is 0.312 e. The highest BCUT2D eigenvalue weighted by Crippen LogP contribution is 2.49. The van der Waals surface area contributed by atoms with Gasteiger partial charge in [-0.15, -0.1) is 0 Å². The zero-order valence-electron chi connectivity index (χ0n) is 14.8. The third-order valence-corrected chi connectivity index (χ3v) is 6.02. The SMILES string of the molecule is CC1c2ccccc2-n2c(-c3ccccc3)cc(-c3c(Cl)cccc3Cl)c21. The molecule has 0 saturated carbocycles. The summed E-state index contributed by atoms with van der Waals surface area (Å²) in [7, 11) is 0. The quantitative estimate of drug-likeness (QED) is 0.332. The summed E-state index contributed by atoms with van der Waals surface area (Å²) in [6.07, 6.45) is 0. The van der Waals surface area contributed by atoms with Crippen LogP contribution in [0.1, 0.15) is 24.1 Å². The highest BCUT2D eigenvalue weighted by molar-refractivity contribution is 6.39. The van der Waals surface area contributed by atoms with Crippen molar-refractivity contribution in [2.24, 2.45) is 0 Å². The molecular formula is C24H17Cl2N. The van der Waals surface area contributed by atoms with E-state index in [-0.39, 0.29) is 5.92 Å². The van der Waals surface area contributed by atoms with Gasteiger partial charge in [0.15, 0.2) is 0 Å². The molecule has 1 aliphatic heterocycles. The van der Waals surface area contributed by atoms with Crippen LogP contribution in [0, 0.1) is 0 Å². The summed E-state index contributed by atoms with van der Waals surface area (Å²) in [5, 5.41) is 1.36. The Morgan fingerprint density at radius 2 is 1.44 bits per heavy atom. The van der Waals surface area contributed by atoms with Crippen LogP contribution in [0.2, 0.25) is 10.0 Å². The van der Waals surface area contributed by atoms with Gasteiger partial charge < -0.3 is 4.57 Å². The fraction of sp³-hybridized carbons (Fsp3) is 0.0833. The predicted molar refractivity (Wildman–Crippen MR) is 114 cm³/mol. The van der Waals surface area contributed by atoms with Crippen LogP contribution in [0.5, 0.6) is 0 Å². The summed E-state index contributed by atoms with van der Waals surface area (Å²) >= 11 is 13.2. The van der Waals surface area contributed by atoms with Crippen LogP contribution in [0.25, 0.3) is 28.1 Å². The van der Waals surface area contributed by atoms with Crippen LogP contribution in [-0.4, -0.2) is 4.57 Å². The molecule has 0 radical (unpaired) electrons. The van der Waals surface area contributed by atoms with Crippen molar-refractivity contribution in [3.8, 4) is 28.1 Å². The molecule has 1 nitrogen and oxygen atoms in total. The van der Waals surface area contributed by atoms with Gasteiger partial charge in [-0.05, 0) is 35.4 Å². The molecule has 132 valence electrons. The number of hydrogen-bond acceptors (Lipinski definition) is 0. The molecule has 0 aliphatic carbocycles. The molecular weight excluding hydrogens is 373 g/mol. The van der Waals surface area contributed by atoms with Gasteiger partial charge in [-0.25, -0.2) is 0 Å². The second-order valence-electron chi connectivity index (χ2n) is 6.91. The molecule has 0 bridgehead atoms. The van der Waals surface area contributed by atoms with E-state index in [4.69, 9.17) is 23.2 Å². The molecule has 1 aromatic heterocycles.